The van der Waals surface area contributed by atoms with Crippen LogP contribution in [0.4, 0.5) is 0 Å². The first-order valence-corrected chi connectivity index (χ1v) is 10.7. The molecule has 0 radical (unpaired) electrons. The molecule has 9 heteroatoms. The number of aromatic nitrogens is 4. The van der Waals surface area contributed by atoms with Gasteiger partial charge in [-0.2, -0.15) is 5.10 Å². The number of carbonyl (C=O) groups is 1. The second kappa shape index (κ2) is 10.0. The third kappa shape index (κ3) is 5.36. The van der Waals surface area contributed by atoms with Crippen molar-refractivity contribution in [3.63, 3.8) is 0 Å². The minimum Gasteiger partial charge on any atom is -0.272 e. The van der Waals surface area contributed by atoms with Crippen LogP contribution in [0.1, 0.15) is 5.56 Å². The Hall–Kier alpha value is -3.49. The SMILES string of the molecule is O=C(CSc1nnc(-c2ccccc2)n1-c1ccc(Cl)cc1)N/N=C\c1ccncc1. The fourth-order valence-corrected chi connectivity index (χ4v) is 3.62. The van der Waals surface area contributed by atoms with E-state index in [1.165, 1.54) is 11.8 Å². The average Bonchev–Trinajstić information content (AvgIpc) is 3.23. The van der Waals surface area contributed by atoms with Gasteiger partial charge >= 0.3 is 0 Å². The topological polar surface area (TPSA) is 85.1 Å². The van der Waals surface area contributed by atoms with Crippen molar-refractivity contribution in [2.24, 2.45) is 5.10 Å². The number of nitrogens with zero attached hydrogens (tertiary/aromatic N) is 5. The van der Waals surface area contributed by atoms with E-state index in [0.717, 1.165) is 16.8 Å². The van der Waals surface area contributed by atoms with Gasteiger partial charge in [-0.3, -0.25) is 14.3 Å². The van der Waals surface area contributed by atoms with E-state index in [2.05, 4.69) is 25.7 Å². The Labute approximate surface area is 188 Å². The van der Waals surface area contributed by atoms with Gasteiger partial charge in [0.1, 0.15) is 0 Å². The summed E-state index contributed by atoms with van der Waals surface area (Å²) in [7, 11) is 0. The quantitative estimate of drug-likeness (QED) is 0.260. The van der Waals surface area contributed by atoms with Gasteiger partial charge in [-0.1, -0.05) is 53.7 Å². The molecule has 1 amide bonds. The molecule has 1 N–H and O–H groups in total. The van der Waals surface area contributed by atoms with Gasteiger partial charge in [0.25, 0.3) is 5.91 Å². The van der Waals surface area contributed by atoms with Crippen LogP contribution in [0.25, 0.3) is 17.1 Å². The van der Waals surface area contributed by atoms with Crippen molar-refractivity contribution >= 4 is 35.5 Å². The molecule has 0 atom stereocenters. The highest BCUT2D eigenvalue weighted by molar-refractivity contribution is 7.99. The van der Waals surface area contributed by atoms with Crippen LogP contribution in [0, 0.1) is 0 Å². The second-order valence-corrected chi connectivity index (χ2v) is 7.73. The summed E-state index contributed by atoms with van der Waals surface area (Å²) in [5.41, 5.74) is 5.14. The molecule has 0 spiro atoms. The van der Waals surface area contributed by atoms with E-state index in [1.54, 1.807) is 42.9 Å². The van der Waals surface area contributed by atoms with Crippen molar-refractivity contribution in [2.45, 2.75) is 5.16 Å². The lowest BCUT2D eigenvalue weighted by Crippen LogP contribution is -2.20. The van der Waals surface area contributed by atoms with Gasteiger partial charge in [-0.15, -0.1) is 10.2 Å². The van der Waals surface area contributed by atoms with Crippen LogP contribution >= 0.6 is 23.4 Å². The van der Waals surface area contributed by atoms with E-state index in [1.807, 2.05) is 47.0 Å². The highest BCUT2D eigenvalue weighted by Gasteiger charge is 2.17. The number of nitrogens with one attached hydrogen (secondary N) is 1. The van der Waals surface area contributed by atoms with Crippen LogP contribution in [0.2, 0.25) is 5.02 Å². The molecule has 0 fully saturated rings. The lowest BCUT2D eigenvalue weighted by atomic mass is 10.2. The summed E-state index contributed by atoms with van der Waals surface area (Å²) in [5, 5.41) is 13.9. The Morgan fingerprint density at radius 1 is 1.03 bits per heavy atom. The summed E-state index contributed by atoms with van der Waals surface area (Å²) < 4.78 is 1.91. The molecular weight excluding hydrogens is 432 g/mol. The zero-order valence-corrected chi connectivity index (χ0v) is 17.8. The number of hydrogen-bond acceptors (Lipinski definition) is 6. The molecule has 0 bridgehead atoms. The standard InChI is InChI=1S/C22H17ClN6OS/c23-18-6-8-19(9-7-18)29-21(17-4-2-1-3-5-17)27-28-22(29)31-15-20(30)26-25-14-16-10-12-24-13-11-16/h1-14H,15H2,(H,26,30)/b25-14-. The molecule has 7 nitrogen and oxygen atoms in total. The maximum absolute atomic E-state index is 12.2. The Bertz CT molecular complexity index is 1180. The maximum Gasteiger partial charge on any atom is 0.250 e. The van der Waals surface area contributed by atoms with Gasteiger partial charge < -0.3 is 0 Å². The van der Waals surface area contributed by atoms with Gasteiger partial charge in [-0.05, 0) is 42.0 Å². The van der Waals surface area contributed by atoms with Crippen molar-refractivity contribution in [1.82, 2.24) is 25.2 Å². The lowest BCUT2D eigenvalue weighted by Gasteiger charge is -2.10. The van der Waals surface area contributed by atoms with E-state index >= 15 is 0 Å². The van der Waals surface area contributed by atoms with Crippen LogP contribution in [0.3, 0.4) is 0 Å². The summed E-state index contributed by atoms with van der Waals surface area (Å²) in [4.78, 5) is 16.2. The Morgan fingerprint density at radius 2 is 1.77 bits per heavy atom. The van der Waals surface area contributed by atoms with E-state index in [4.69, 9.17) is 11.6 Å². The van der Waals surface area contributed by atoms with Crippen molar-refractivity contribution in [2.75, 3.05) is 5.75 Å². The summed E-state index contributed by atoms with van der Waals surface area (Å²) >= 11 is 7.33. The van der Waals surface area contributed by atoms with Crippen LogP contribution in [-0.2, 0) is 4.79 Å². The van der Waals surface area contributed by atoms with Crippen LogP contribution < -0.4 is 5.43 Å². The zero-order chi connectivity index (χ0) is 21.5. The number of amides is 1. The molecule has 0 aliphatic carbocycles. The number of hydrogen-bond donors (Lipinski definition) is 1. The molecule has 0 unspecified atom stereocenters. The smallest absolute Gasteiger partial charge is 0.250 e. The average molecular weight is 449 g/mol. The highest BCUT2D eigenvalue weighted by atomic mass is 35.5. The molecule has 154 valence electrons. The number of thioether (sulfide) groups is 1. The monoisotopic (exact) mass is 448 g/mol. The second-order valence-electron chi connectivity index (χ2n) is 6.35. The molecule has 4 aromatic rings. The molecule has 0 aliphatic rings. The van der Waals surface area contributed by atoms with Crippen molar-refractivity contribution in [3.05, 3.63) is 89.7 Å². The number of benzene rings is 2. The number of hydrazone groups is 1. The number of pyridine rings is 1. The van der Waals surface area contributed by atoms with Crippen LogP contribution in [0.15, 0.2) is 89.4 Å². The summed E-state index contributed by atoms with van der Waals surface area (Å²) in [6, 6.07) is 20.7. The first kappa shape index (κ1) is 20.8. The third-order valence-corrected chi connectivity index (χ3v) is 5.37. The fourth-order valence-electron chi connectivity index (χ4n) is 2.75. The lowest BCUT2D eigenvalue weighted by molar-refractivity contribution is -0.118. The Balaban J connectivity index is 1.51. The number of halogens is 1. The van der Waals surface area contributed by atoms with Gasteiger partial charge in [0.15, 0.2) is 11.0 Å². The molecule has 31 heavy (non-hydrogen) atoms. The molecule has 2 aromatic heterocycles. The minimum atomic E-state index is -0.248. The van der Waals surface area contributed by atoms with Crippen LogP contribution in [0.5, 0.6) is 0 Å². The first-order valence-electron chi connectivity index (χ1n) is 9.32. The van der Waals surface area contributed by atoms with Crippen LogP contribution in [-0.4, -0.2) is 37.6 Å². The minimum absolute atomic E-state index is 0.133. The van der Waals surface area contributed by atoms with E-state index in [9.17, 15) is 4.79 Å². The van der Waals surface area contributed by atoms with Gasteiger partial charge in [0.05, 0.1) is 12.0 Å². The predicted octanol–water partition coefficient (Wildman–Crippen LogP) is 4.23. The summed E-state index contributed by atoms with van der Waals surface area (Å²) in [6.07, 6.45) is 4.88. The molecule has 0 saturated heterocycles. The van der Waals surface area contributed by atoms with E-state index in [-0.39, 0.29) is 11.7 Å². The van der Waals surface area contributed by atoms with Gasteiger partial charge in [0, 0.05) is 28.7 Å². The predicted molar refractivity (Wildman–Crippen MR) is 123 cm³/mol. The number of rotatable bonds is 7. The molecular formula is C22H17ClN6OS. The van der Waals surface area contributed by atoms with Crippen molar-refractivity contribution < 1.29 is 4.79 Å². The summed E-state index contributed by atoms with van der Waals surface area (Å²) in [6.45, 7) is 0. The van der Waals surface area contributed by atoms with Gasteiger partial charge in [-0.25, -0.2) is 5.43 Å². The summed E-state index contributed by atoms with van der Waals surface area (Å²) in [5.74, 6) is 0.567. The van der Waals surface area contributed by atoms with E-state index in [0.29, 0.717) is 16.0 Å². The molecule has 2 aromatic carbocycles. The Morgan fingerprint density at radius 3 is 2.52 bits per heavy atom. The third-order valence-electron chi connectivity index (χ3n) is 4.19. The molecule has 0 aliphatic heterocycles. The highest BCUT2D eigenvalue weighted by Crippen LogP contribution is 2.28. The normalized spacial score (nSPS) is 11.0. The number of carbonyl (C=O) groups excluding carboxylic acids is 1. The molecule has 0 saturated carbocycles. The van der Waals surface area contributed by atoms with Gasteiger partial charge in [0.2, 0.25) is 0 Å². The fraction of sp³-hybridized carbons (Fsp3) is 0.0455. The Kier molecular flexibility index (Phi) is 6.71. The van der Waals surface area contributed by atoms with E-state index < -0.39 is 0 Å². The van der Waals surface area contributed by atoms with Crippen molar-refractivity contribution in [3.8, 4) is 17.1 Å². The first-order chi connectivity index (χ1) is 15.2. The zero-order valence-electron chi connectivity index (χ0n) is 16.2. The largest absolute Gasteiger partial charge is 0.272 e. The molecule has 4 rings (SSSR count). The maximum atomic E-state index is 12.2. The van der Waals surface area contributed by atoms with Crippen molar-refractivity contribution in [1.29, 1.82) is 0 Å². The molecule has 2 heterocycles.